The second-order valence-corrected chi connectivity index (χ2v) is 6.50. The second-order valence-electron chi connectivity index (χ2n) is 5.51. The molecular formula is C12H27NS. The predicted molar refractivity (Wildman–Crippen MR) is 69.2 cm³/mol. The SMILES string of the molecule is CCC(C)(CCSC)CNC(C)(C)C. The van der Waals surface area contributed by atoms with Crippen molar-refractivity contribution >= 4 is 11.8 Å². The maximum absolute atomic E-state index is 3.61. The van der Waals surface area contributed by atoms with Crippen LogP contribution in [0.1, 0.15) is 47.5 Å². The van der Waals surface area contributed by atoms with Crippen molar-refractivity contribution in [2.75, 3.05) is 18.6 Å². The second kappa shape index (κ2) is 6.02. The molecule has 0 aromatic rings. The first-order valence-electron chi connectivity index (χ1n) is 5.57. The minimum Gasteiger partial charge on any atom is -0.312 e. The van der Waals surface area contributed by atoms with E-state index in [9.17, 15) is 0 Å². The Morgan fingerprint density at radius 1 is 1.14 bits per heavy atom. The van der Waals surface area contributed by atoms with Gasteiger partial charge in [-0.05, 0) is 51.0 Å². The Morgan fingerprint density at radius 2 is 1.71 bits per heavy atom. The molecule has 1 N–H and O–H groups in total. The van der Waals surface area contributed by atoms with Crippen LogP contribution in [0.3, 0.4) is 0 Å². The number of rotatable bonds is 6. The molecule has 1 nitrogen and oxygen atoms in total. The first kappa shape index (κ1) is 14.3. The van der Waals surface area contributed by atoms with Crippen LogP contribution in [0.25, 0.3) is 0 Å². The van der Waals surface area contributed by atoms with Crippen molar-refractivity contribution in [3.63, 3.8) is 0 Å². The van der Waals surface area contributed by atoms with Crippen LogP contribution in [-0.4, -0.2) is 24.1 Å². The fourth-order valence-electron chi connectivity index (χ4n) is 1.22. The molecule has 0 aliphatic carbocycles. The van der Waals surface area contributed by atoms with Crippen molar-refractivity contribution in [3.05, 3.63) is 0 Å². The molecule has 0 aromatic heterocycles. The maximum Gasteiger partial charge on any atom is 0.00967 e. The molecule has 0 aliphatic heterocycles. The van der Waals surface area contributed by atoms with Crippen molar-refractivity contribution in [1.82, 2.24) is 5.32 Å². The highest BCUT2D eigenvalue weighted by Gasteiger charge is 2.23. The van der Waals surface area contributed by atoms with Gasteiger partial charge in [0.15, 0.2) is 0 Å². The minimum absolute atomic E-state index is 0.246. The molecule has 0 radical (unpaired) electrons. The summed E-state index contributed by atoms with van der Waals surface area (Å²) >= 11 is 1.95. The van der Waals surface area contributed by atoms with E-state index in [1.807, 2.05) is 11.8 Å². The lowest BCUT2D eigenvalue weighted by Crippen LogP contribution is -2.43. The van der Waals surface area contributed by atoms with E-state index in [1.54, 1.807) is 0 Å². The molecule has 0 aromatic carbocycles. The van der Waals surface area contributed by atoms with Crippen molar-refractivity contribution in [3.8, 4) is 0 Å². The summed E-state index contributed by atoms with van der Waals surface area (Å²) in [5, 5.41) is 3.61. The third kappa shape index (κ3) is 6.72. The lowest BCUT2D eigenvalue weighted by molar-refractivity contribution is 0.250. The third-order valence-corrected chi connectivity index (χ3v) is 3.42. The van der Waals surface area contributed by atoms with Crippen molar-refractivity contribution in [2.24, 2.45) is 5.41 Å². The van der Waals surface area contributed by atoms with Gasteiger partial charge in [-0.15, -0.1) is 0 Å². The van der Waals surface area contributed by atoms with E-state index >= 15 is 0 Å². The zero-order chi connectivity index (χ0) is 11.2. The standard InChI is InChI=1S/C12H27NS/c1-7-12(5,8-9-14-6)10-13-11(2,3)4/h13H,7-10H2,1-6H3. The molecule has 86 valence electrons. The Hall–Kier alpha value is 0.310. The van der Waals surface area contributed by atoms with Crippen molar-refractivity contribution < 1.29 is 0 Å². The van der Waals surface area contributed by atoms with E-state index in [0.717, 1.165) is 6.54 Å². The molecule has 0 spiro atoms. The normalized spacial score (nSPS) is 16.7. The number of nitrogens with one attached hydrogen (secondary N) is 1. The molecule has 0 saturated heterocycles. The maximum atomic E-state index is 3.61. The molecule has 0 saturated carbocycles. The monoisotopic (exact) mass is 217 g/mol. The van der Waals surface area contributed by atoms with Gasteiger partial charge in [-0.1, -0.05) is 13.8 Å². The third-order valence-electron chi connectivity index (χ3n) is 2.81. The van der Waals surface area contributed by atoms with Crippen LogP contribution in [0.15, 0.2) is 0 Å². The van der Waals surface area contributed by atoms with Gasteiger partial charge in [0, 0.05) is 12.1 Å². The lowest BCUT2D eigenvalue weighted by Gasteiger charge is -2.32. The van der Waals surface area contributed by atoms with E-state index in [1.165, 1.54) is 18.6 Å². The summed E-state index contributed by atoms with van der Waals surface area (Å²) in [7, 11) is 0. The summed E-state index contributed by atoms with van der Waals surface area (Å²) in [6, 6.07) is 0. The number of thioether (sulfide) groups is 1. The van der Waals surface area contributed by atoms with Gasteiger partial charge in [0.25, 0.3) is 0 Å². The first-order valence-corrected chi connectivity index (χ1v) is 6.96. The molecule has 1 atom stereocenters. The van der Waals surface area contributed by atoms with Gasteiger partial charge >= 0.3 is 0 Å². The van der Waals surface area contributed by atoms with E-state index < -0.39 is 0 Å². The van der Waals surface area contributed by atoms with Gasteiger partial charge in [-0.25, -0.2) is 0 Å². The average Bonchev–Trinajstić information content (AvgIpc) is 2.10. The largest absolute Gasteiger partial charge is 0.312 e. The van der Waals surface area contributed by atoms with Crippen LogP contribution in [0.2, 0.25) is 0 Å². The average molecular weight is 217 g/mol. The molecular weight excluding hydrogens is 190 g/mol. The molecule has 0 fully saturated rings. The summed E-state index contributed by atoms with van der Waals surface area (Å²) in [6.07, 6.45) is 4.76. The van der Waals surface area contributed by atoms with E-state index in [2.05, 4.69) is 46.2 Å². The molecule has 14 heavy (non-hydrogen) atoms. The highest BCUT2D eigenvalue weighted by molar-refractivity contribution is 7.98. The number of hydrogen-bond acceptors (Lipinski definition) is 2. The summed E-state index contributed by atoms with van der Waals surface area (Å²) in [6.45, 7) is 12.5. The zero-order valence-corrected chi connectivity index (χ0v) is 11.6. The molecule has 1 unspecified atom stereocenters. The van der Waals surface area contributed by atoms with Crippen molar-refractivity contribution in [2.45, 2.75) is 53.0 Å². The molecule has 0 bridgehead atoms. The summed E-state index contributed by atoms with van der Waals surface area (Å²) in [4.78, 5) is 0. The summed E-state index contributed by atoms with van der Waals surface area (Å²) in [5.74, 6) is 1.27. The molecule has 0 heterocycles. The molecule has 0 amide bonds. The number of hydrogen-bond donors (Lipinski definition) is 1. The topological polar surface area (TPSA) is 12.0 Å². The van der Waals surface area contributed by atoms with Gasteiger partial charge in [-0.3, -0.25) is 0 Å². The van der Waals surface area contributed by atoms with Crippen LogP contribution < -0.4 is 5.32 Å². The molecule has 0 rings (SSSR count). The Morgan fingerprint density at radius 3 is 2.07 bits per heavy atom. The molecule has 2 heteroatoms. The van der Waals surface area contributed by atoms with Gasteiger partial charge in [0.1, 0.15) is 0 Å². The van der Waals surface area contributed by atoms with Crippen LogP contribution in [0, 0.1) is 5.41 Å². The quantitative estimate of drug-likeness (QED) is 0.730. The smallest absolute Gasteiger partial charge is 0.00967 e. The van der Waals surface area contributed by atoms with E-state index in [0.29, 0.717) is 5.41 Å². The Balaban J connectivity index is 3.98. The Labute approximate surface area is 94.4 Å². The van der Waals surface area contributed by atoms with Gasteiger partial charge in [0.05, 0.1) is 0 Å². The fourth-order valence-corrected chi connectivity index (χ4v) is 1.91. The van der Waals surface area contributed by atoms with Crippen molar-refractivity contribution in [1.29, 1.82) is 0 Å². The highest BCUT2D eigenvalue weighted by Crippen LogP contribution is 2.26. The van der Waals surface area contributed by atoms with Gasteiger partial charge < -0.3 is 5.32 Å². The van der Waals surface area contributed by atoms with Gasteiger partial charge in [-0.2, -0.15) is 11.8 Å². The summed E-state index contributed by atoms with van der Waals surface area (Å²) in [5.41, 5.74) is 0.714. The van der Waals surface area contributed by atoms with Gasteiger partial charge in [0.2, 0.25) is 0 Å². The molecule has 0 aliphatic rings. The summed E-state index contributed by atoms with van der Waals surface area (Å²) < 4.78 is 0. The highest BCUT2D eigenvalue weighted by atomic mass is 32.2. The van der Waals surface area contributed by atoms with Crippen LogP contribution in [0.4, 0.5) is 0 Å². The zero-order valence-electron chi connectivity index (χ0n) is 10.7. The van der Waals surface area contributed by atoms with E-state index in [4.69, 9.17) is 0 Å². The van der Waals surface area contributed by atoms with E-state index in [-0.39, 0.29) is 5.54 Å². The van der Waals surface area contributed by atoms with Crippen LogP contribution in [0.5, 0.6) is 0 Å². The first-order chi connectivity index (χ1) is 6.33. The predicted octanol–water partition coefficient (Wildman–Crippen LogP) is 3.54. The fraction of sp³-hybridized carbons (Fsp3) is 1.00. The Kier molecular flexibility index (Phi) is 6.15. The minimum atomic E-state index is 0.246. The Bertz CT molecular complexity index is 151. The van der Waals surface area contributed by atoms with Crippen LogP contribution >= 0.6 is 11.8 Å². The van der Waals surface area contributed by atoms with Crippen LogP contribution in [-0.2, 0) is 0 Å². The lowest BCUT2D eigenvalue weighted by atomic mass is 9.84.